The second-order valence-electron chi connectivity index (χ2n) is 5.02. The van der Waals surface area contributed by atoms with E-state index in [4.69, 9.17) is 0 Å². The summed E-state index contributed by atoms with van der Waals surface area (Å²) in [6.07, 6.45) is 2.03. The van der Waals surface area contributed by atoms with Crippen molar-refractivity contribution in [3.8, 4) is 0 Å². The zero-order chi connectivity index (χ0) is 12.6. The molecule has 0 atom stereocenters. The Morgan fingerprint density at radius 1 is 1.12 bits per heavy atom. The van der Waals surface area contributed by atoms with Gasteiger partial charge in [-0.15, -0.1) is 0 Å². The van der Waals surface area contributed by atoms with E-state index in [9.17, 15) is 0 Å². The van der Waals surface area contributed by atoms with E-state index < -0.39 is 0 Å². The van der Waals surface area contributed by atoms with Gasteiger partial charge in [0.1, 0.15) is 0 Å². The molecule has 0 amide bonds. The van der Waals surface area contributed by atoms with Gasteiger partial charge in [-0.25, -0.2) is 0 Å². The average molecular weight is 228 g/mol. The summed E-state index contributed by atoms with van der Waals surface area (Å²) in [5.41, 5.74) is 6.51. The van der Waals surface area contributed by atoms with Gasteiger partial charge < -0.3 is 10.2 Å². The van der Waals surface area contributed by atoms with Crippen LogP contribution in [0.4, 0.5) is 0 Å². The summed E-state index contributed by atoms with van der Waals surface area (Å²) in [6, 6.07) is 4.89. The number of aryl methyl sites for hydroxylation is 3. The highest BCUT2D eigenvalue weighted by molar-refractivity contribution is 5.71. The molecule has 0 aliphatic carbocycles. The summed E-state index contributed by atoms with van der Waals surface area (Å²) in [5.74, 6) is 0. The molecule has 1 aliphatic heterocycles. The van der Waals surface area contributed by atoms with Crippen LogP contribution < -0.4 is 5.32 Å². The van der Waals surface area contributed by atoms with Crippen LogP contribution in [0.15, 0.2) is 18.3 Å². The number of hydrogen-bond acceptors (Lipinski definition) is 2. The lowest BCUT2D eigenvalue weighted by Crippen LogP contribution is -2.26. The highest BCUT2D eigenvalue weighted by Crippen LogP contribution is 2.31. The van der Waals surface area contributed by atoms with Crippen molar-refractivity contribution in [1.29, 1.82) is 0 Å². The van der Waals surface area contributed by atoms with E-state index >= 15 is 0 Å². The predicted octanol–water partition coefficient (Wildman–Crippen LogP) is 3.22. The van der Waals surface area contributed by atoms with Crippen LogP contribution in [0.3, 0.4) is 0 Å². The van der Waals surface area contributed by atoms with Gasteiger partial charge in [-0.05, 0) is 45.7 Å². The lowest BCUT2D eigenvalue weighted by Gasteiger charge is -2.26. The van der Waals surface area contributed by atoms with Crippen LogP contribution in [-0.4, -0.2) is 10.9 Å². The molecule has 1 N–H and O–H groups in total. The molecule has 90 valence electrons. The predicted molar refractivity (Wildman–Crippen MR) is 72.0 cm³/mol. The van der Waals surface area contributed by atoms with Crippen molar-refractivity contribution in [3.63, 3.8) is 0 Å². The minimum Gasteiger partial charge on any atom is -0.360 e. The lowest BCUT2D eigenvalue weighted by molar-refractivity contribution is 0.396. The van der Waals surface area contributed by atoms with Gasteiger partial charge >= 0.3 is 0 Å². The van der Waals surface area contributed by atoms with Crippen molar-refractivity contribution in [2.75, 3.05) is 0 Å². The average Bonchev–Trinajstić information content (AvgIpc) is 2.64. The van der Waals surface area contributed by atoms with Gasteiger partial charge in [0.15, 0.2) is 0 Å². The minimum atomic E-state index is 0.413. The third-order valence-corrected chi connectivity index (χ3v) is 3.10. The Kier molecular flexibility index (Phi) is 3.14. The van der Waals surface area contributed by atoms with Crippen LogP contribution in [0.1, 0.15) is 36.1 Å². The molecule has 1 aromatic rings. The molecular weight excluding hydrogens is 208 g/mol. The maximum Gasteiger partial charge on any atom is 0.205 e. The molecular formula is C15H20N2. The Bertz CT molecular complexity index is 435. The van der Waals surface area contributed by atoms with Crippen LogP contribution >= 0.6 is 0 Å². The van der Waals surface area contributed by atoms with Crippen molar-refractivity contribution in [2.24, 2.45) is 0 Å². The van der Waals surface area contributed by atoms with Gasteiger partial charge in [-0.3, -0.25) is 0 Å². The van der Waals surface area contributed by atoms with E-state index in [-0.39, 0.29) is 0 Å². The molecule has 0 bridgehead atoms. The van der Waals surface area contributed by atoms with Crippen molar-refractivity contribution < 1.29 is 0 Å². The fraction of sp³-hybridized carbons (Fsp3) is 0.400. The third-order valence-electron chi connectivity index (χ3n) is 3.10. The molecule has 0 spiro atoms. The zero-order valence-corrected chi connectivity index (χ0v) is 11.3. The second kappa shape index (κ2) is 4.44. The molecule has 1 heterocycles. The van der Waals surface area contributed by atoms with Crippen molar-refractivity contribution >= 4 is 5.70 Å². The molecule has 2 heteroatoms. The van der Waals surface area contributed by atoms with Crippen LogP contribution in [-0.2, 0) is 0 Å². The first-order valence-corrected chi connectivity index (χ1v) is 6.09. The molecule has 1 aromatic carbocycles. The Morgan fingerprint density at radius 2 is 1.71 bits per heavy atom. The van der Waals surface area contributed by atoms with E-state index in [0.29, 0.717) is 6.04 Å². The van der Waals surface area contributed by atoms with Crippen LogP contribution in [0, 0.1) is 27.4 Å². The number of hydrogen-bond donors (Lipinski definition) is 1. The summed E-state index contributed by atoms with van der Waals surface area (Å²) in [5, 5.41) is 3.09. The fourth-order valence-corrected chi connectivity index (χ4v) is 2.48. The zero-order valence-electron chi connectivity index (χ0n) is 11.3. The summed E-state index contributed by atoms with van der Waals surface area (Å²) in [4.78, 5) is 2.16. The van der Waals surface area contributed by atoms with Gasteiger partial charge in [-0.1, -0.05) is 17.7 Å². The number of rotatable bonds is 2. The molecule has 2 radical (unpaired) electrons. The summed E-state index contributed by atoms with van der Waals surface area (Å²) in [6.45, 7) is 14.0. The van der Waals surface area contributed by atoms with Crippen molar-refractivity contribution in [2.45, 2.75) is 40.7 Å². The van der Waals surface area contributed by atoms with E-state index in [2.05, 4.69) is 63.6 Å². The molecule has 2 nitrogen and oxygen atoms in total. The quantitative estimate of drug-likeness (QED) is 0.836. The standard InChI is InChI=1S/C15H20N2/c1-10(2)17-9-16-8-14(17)15-12(4)6-11(3)7-13(15)5/h6-8,10,16H,1-5H3. The first-order chi connectivity index (χ1) is 8.00. The van der Waals surface area contributed by atoms with E-state index in [1.165, 1.54) is 28.0 Å². The number of nitrogens with zero attached hydrogens (tertiary/aromatic N) is 1. The Balaban J connectivity index is 2.47. The van der Waals surface area contributed by atoms with Gasteiger partial charge in [0.25, 0.3) is 0 Å². The molecule has 1 aliphatic rings. The molecule has 0 saturated carbocycles. The van der Waals surface area contributed by atoms with Gasteiger partial charge in [0, 0.05) is 17.8 Å². The maximum absolute atomic E-state index is 3.16. The van der Waals surface area contributed by atoms with Crippen LogP contribution in [0.5, 0.6) is 0 Å². The number of nitrogens with one attached hydrogen (secondary N) is 1. The molecule has 0 aromatic heterocycles. The van der Waals surface area contributed by atoms with Crippen molar-refractivity contribution in [1.82, 2.24) is 10.2 Å². The fourth-order valence-electron chi connectivity index (χ4n) is 2.48. The smallest absolute Gasteiger partial charge is 0.205 e. The first kappa shape index (κ1) is 12.0. The molecule has 0 unspecified atom stereocenters. The van der Waals surface area contributed by atoms with Gasteiger partial charge in [0.05, 0.1) is 5.70 Å². The van der Waals surface area contributed by atoms with Crippen molar-refractivity contribution in [3.05, 3.63) is 47.3 Å². The minimum absolute atomic E-state index is 0.413. The number of benzene rings is 1. The normalized spacial score (nSPS) is 15.2. The van der Waals surface area contributed by atoms with E-state index in [0.717, 1.165) is 0 Å². The Morgan fingerprint density at radius 3 is 2.24 bits per heavy atom. The second-order valence-corrected chi connectivity index (χ2v) is 5.02. The summed E-state index contributed by atoms with van der Waals surface area (Å²) >= 11 is 0. The Labute approximate surface area is 104 Å². The summed E-state index contributed by atoms with van der Waals surface area (Å²) < 4.78 is 0. The van der Waals surface area contributed by atoms with Crippen LogP contribution in [0.25, 0.3) is 5.70 Å². The highest BCUT2D eigenvalue weighted by atomic mass is 15.3. The molecule has 2 rings (SSSR count). The van der Waals surface area contributed by atoms with Crippen LogP contribution in [0.2, 0.25) is 0 Å². The van der Waals surface area contributed by atoms with Gasteiger partial charge in [0.2, 0.25) is 6.67 Å². The molecule has 17 heavy (non-hydrogen) atoms. The highest BCUT2D eigenvalue weighted by Gasteiger charge is 2.23. The monoisotopic (exact) mass is 228 g/mol. The van der Waals surface area contributed by atoms with E-state index in [1.54, 1.807) is 0 Å². The first-order valence-electron chi connectivity index (χ1n) is 6.09. The lowest BCUT2D eigenvalue weighted by atomic mass is 9.97. The Hall–Kier alpha value is -1.44. The molecule has 0 saturated heterocycles. The largest absolute Gasteiger partial charge is 0.360 e. The van der Waals surface area contributed by atoms with Gasteiger partial charge in [-0.2, -0.15) is 0 Å². The molecule has 0 fully saturated rings. The SMILES string of the molecule is Cc1cc(C)c(C2=CN[C]N2C(C)C)c(C)c1. The third kappa shape index (κ3) is 2.17. The van der Waals surface area contributed by atoms with E-state index in [1.807, 2.05) is 6.20 Å². The topological polar surface area (TPSA) is 15.3 Å². The summed E-state index contributed by atoms with van der Waals surface area (Å²) in [7, 11) is 0. The maximum atomic E-state index is 3.16.